The third-order valence-corrected chi connectivity index (χ3v) is 6.40. The smallest absolute Gasteiger partial charge is 0.331 e. The van der Waals surface area contributed by atoms with Gasteiger partial charge in [-0.2, -0.15) is 13.2 Å². The van der Waals surface area contributed by atoms with Gasteiger partial charge in [-0.1, -0.05) is 12.1 Å². The van der Waals surface area contributed by atoms with E-state index in [2.05, 4.69) is 15.0 Å². The fourth-order valence-electron chi connectivity index (χ4n) is 4.12. The van der Waals surface area contributed by atoms with Crippen molar-refractivity contribution in [3.05, 3.63) is 64.2 Å². The molecule has 4 rings (SSSR count). The monoisotopic (exact) mass is 450 g/mol. The molecule has 1 aromatic carbocycles. The van der Waals surface area contributed by atoms with Crippen LogP contribution in [0.15, 0.2) is 35.5 Å². The fourth-order valence-corrected chi connectivity index (χ4v) is 4.12. The van der Waals surface area contributed by atoms with Gasteiger partial charge in [0.2, 0.25) is 6.43 Å². The molecule has 2 aromatic heterocycles. The van der Waals surface area contributed by atoms with Crippen LogP contribution in [0, 0.1) is 13.8 Å². The molecule has 32 heavy (non-hydrogen) atoms. The highest BCUT2D eigenvalue weighted by molar-refractivity contribution is 5.78. The van der Waals surface area contributed by atoms with Crippen molar-refractivity contribution in [2.24, 2.45) is 12.0 Å². The average Bonchev–Trinajstić information content (AvgIpc) is 3.53. The summed E-state index contributed by atoms with van der Waals surface area (Å²) in [5.74, 6) is 0.619. The lowest BCUT2D eigenvalue weighted by molar-refractivity contribution is -0.138. The summed E-state index contributed by atoms with van der Waals surface area (Å²) in [6, 6.07) is 5.00. The summed E-state index contributed by atoms with van der Waals surface area (Å²) < 4.78 is 69.1. The number of pyridine rings is 1. The van der Waals surface area contributed by atoms with E-state index < -0.39 is 29.6 Å². The highest BCUT2D eigenvalue weighted by atomic mass is 19.4. The van der Waals surface area contributed by atoms with Gasteiger partial charge in [0.25, 0.3) is 0 Å². The van der Waals surface area contributed by atoms with Gasteiger partial charge < -0.3 is 4.57 Å². The maximum absolute atomic E-state index is 13.6. The van der Waals surface area contributed by atoms with E-state index in [1.807, 2.05) is 0 Å². The van der Waals surface area contributed by atoms with Crippen molar-refractivity contribution >= 4 is 10.9 Å². The van der Waals surface area contributed by atoms with E-state index in [-0.39, 0.29) is 5.56 Å². The molecule has 1 aliphatic carbocycles. The number of hydrogen-bond acceptors (Lipinski definition) is 3. The fraction of sp³-hybridized carbons (Fsp3) is 0.435. The average molecular weight is 450 g/mol. The topological polar surface area (TPSA) is 43.1 Å². The molecule has 0 radical (unpaired) electrons. The number of alkyl halides is 5. The van der Waals surface area contributed by atoms with Gasteiger partial charge in [-0.25, -0.2) is 13.8 Å². The molecule has 3 aromatic rings. The van der Waals surface area contributed by atoms with Gasteiger partial charge in [0.15, 0.2) is 5.49 Å². The molecule has 0 unspecified atom stereocenters. The highest BCUT2D eigenvalue weighted by Gasteiger charge is 2.53. The Labute approximate surface area is 181 Å². The molecule has 170 valence electrons. The van der Waals surface area contributed by atoms with Gasteiger partial charge in [0, 0.05) is 12.4 Å². The van der Waals surface area contributed by atoms with Gasteiger partial charge >= 0.3 is 6.18 Å². The molecule has 0 N–H and O–H groups in total. The zero-order valence-electron chi connectivity index (χ0n) is 18.1. The van der Waals surface area contributed by atoms with Gasteiger partial charge in [0.05, 0.1) is 34.4 Å². The summed E-state index contributed by atoms with van der Waals surface area (Å²) in [6.07, 6.45) is -4.72. The molecule has 0 amide bonds. The minimum Gasteiger partial charge on any atom is -0.331 e. The van der Waals surface area contributed by atoms with Crippen molar-refractivity contribution in [3.8, 4) is 0 Å². The van der Waals surface area contributed by atoms with Crippen molar-refractivity contribution in [1.82, 2.24) is 14.5 Å². The Bertz CT molecular complexity index is 1260. The van der Waals surface area contributed by atoms with Crippen LogP contribution in [-0.4, -0.2) is 21.0 Å². The number of nitrogens with zero attached hydrogens (tertiary/aromatic N) is 4. The van der Waals surface area contributed by atoms with Gasteiger partial charge in [0.1, 0.15) is 5.82 Å². The summed E-state index contributed by atoms with van der Waals surface area (Å²) in [6.45, 7) is 4.89. The number of hydrogen-bond donors (Lipinski definition) is 0. The largest absolute Gasteiger partial charge is 0.416 e. The summed E-state index contributed by atoms with van der Waals surface area (Å²) >= 11 is 0. The van der Waals surface area contributed by atoms with Crippen molar-refractivity contribution < 1.29 is 22.0 Å². The van der Waals surface area contributed by atoms with Crippen LogP contribution in [0.25, 0.3) is 10.9 Å². The van der Waals surface area contributed by atoms with Gasteiger partial charge in [-0.15, -0.1) is 0 Å². The first-order valence-corrected chi connectivity index (χ1v) is 10.3. The first-order chi connectivity index (χ1) is 15.0. The van der Waals surface area contributed by atoms with Crippen LogP contribution in [0.3, 0.4) is 0 Å². The zero-order valence-corrected chi connectivity index (χ0v) is 18.1. The number of halogens is 5. The molecule has 1 saturated carbocycles. The van der Waals surface area contributed by atoms with Crippen LogP contribution in [0.4, 0.5) is 22.0 Å². The molecule has 0 aliphatic heterocycles. The Balaban J connectivity index is 1.90. The molecular formula is C23H23F5N4. The second kappa shape index (κ2) is 7.64. The van der Waals surface area contributed by atoms with E-state index in [4.69, 9.17) is 0 Å². The second-order valence-electron chi connectivity index (χ2n) is 8.41. The summed E-state index contributed by atoms with van der Waals surface area (Å²) in [7, 11) is 1.79. The number of benzene rings is 1. The zero-order chi connectivity index (χ0) is 23.4. The van der Waals surface area contributed by atoms with Crippen molar-refractivity contribution in [3.63, 3.8) is 0 Å². The molecule has 2 heterocycles. The summed E-state index contributed by atoms with van der Waals surface area (Å²) in [4.78, 5) is 13.4. The standard InChI is InChI=1S/C23H23F5N4/c1-12-15(6-5-7-17(12)23(26,27)28)13(2)30-20-16-10-19(22(8-9-22)21(24)25)29-11-18(16)32(4)14(3)31-20/h5-7,10-11,13,21H,8-9H2,1-4H3/t13-/m1/s1. The third kappa shape index (κ3) is 3.67. The molecule has 0 saturated heterocycles. The minimum atomic E-state index is -4.46. The molecular weight excluding hydrogens is 427 g/mol. The Kier molecular flexibility index (Phi) is 5.33. The first kappa shape index (κ1) is 22.4. The molecule has 9 heteroatoms. The van der Waals surface area contributed by atoms with E-state index in [0.717, 1.165) is 6.07 Å². The number of fused-ring (bicyclic) bond motifs is 1. The van der Waals surface area contributed by atoms with Gasteiger partial charge in [-0.05, 0) is 56.9 Å². The Morgan fingerprint density at radius 3 is 2.44 bits per heavy atom. The number of aryl methyl sites for hydroxylation is 2. The van der Waals surface area contributed by atoms with E-state index in [0.29, 0.717) is 46.3 Å². The second-order valence-corrected chi connectivity index (χ2v) is 8.41. The van der Waals surface area contributed by atoms with E-state index in [9.17, 15) is 22.0 Å². The number of rotatable bonds is 4. The maximum atomic E-state index is 13.6. The van der Waals surface area contributed by atoms with Crippen LogP contribution in [0.1, 0.15) is 54.0 Å². The van der Waals surface area contributed by atoms with E-state index >= 15 is 0 Å². The van der Waals surface area contributed by atoms with E-state index in [1.54, 1.807) is 43.8 Å². The molecule has 1 atom stereocenters. The SMILES string of the molecule is Cc1c([C@@H](C)N=c2nc(C)n(C)c3cnc(C4(C(F)F)CC4)cc23)cccc1C(F)(F)F. The van der Waals surface area contributed by atoms with Crippen LogP contribution in [-0.2, 0) is 18.6 Å². The van der Waals surface area contributed by atoms with Crippen molar-refractivity contribution in [2.75, 3.05) is 0 Å². The predicted octanol–water partition coefficient (Wildman–Crippen LogP) is 5.56. The molecule has 0 spiro atoms. The Morgan fingerprint density at radius 2 is 1.84 bits per heavy atom. The quantitative estimate of drug-likeness (QED) is 0.489. The normalized spacial score (nSPS) is 17.2. The predicted molar refractivity (Wildman–Crippen MR) is 110 cm³/mol. The van der Waals surface area contributed by atoms with Crippen LogP contribution < -0.4 is 5.49 Å². The lowest BCUT2D eigenvalue weighted by atomic mass is 9.97. The highest BCUT2D eigenvalue weighted by Crippen LogP contribution is 2.52. The van der Waals surface area contributed by atoms with Crippen LogP contribution >= 0.6 is 0 Å². The van der Waals surface area contributed by atoms with Crippen molar-refractivity contribution in [2.45, 2.75) is 57.7 Å². The third-order valence-electron chi connectivity index (χ3n) is 6.40. The van der Waals surface area contributed by atoms with Crippen LogP contribution in [0.5, 0.6) is 0 Å². The maximum Gasteiger partial charge on any atom is 0.416 e. The lowest BCUT2D eigenvalue weighted by Crippen LogP contribution is -2.22. The van der Waals surface area contributed by atoms with Gasteiger partial charge in [-0.3, -0.25) is 9.98 Å². The van der Waals surface area contributed by atoms with Crippen LogP contribution in [0.2, 0.25) is 0 Å². The Hall–Kier alpha value is -2.84. The first-order valence-electron chi connectivity index (χ1n) is 10.3. The molecule has 1 aliphatic rings. The number of aromatic nitrogens is 3. The summed E-state index contributed by atoms with van der Waals surface area (Å²) in [5, 5.41) is 0.548. The summed E-state index contributed by atoms with van der Waals surface area (Å²) in [5.41, 5.74) is -0.142. The van der Waals surface area contributed by atoms with Crippen molar-refractivity contribution in [1.29, 1.82) is 0 Å². The molecule has 0 bridgehead atoms. The van der Waals surface area contributed by atoms with E-state index in [1.165, 1.54) is 13.0 Å². The molecule has 4 nitrogen and oxygen atoms in total. The Morgan fingerprint density at radius 1 is 1.16 bits per heavy atom. The lowest BCUT2D eigenvalue weighted by Gasteiger charge is -2.17. The molecule has 1 fully saturated rings. The minimum absolute atomic E-state index is 0.107.